The van der Waals surface area contributed by atoms with Gasteiger partial charge in [-0.05, 0) is 36.2 Å². The van der Waals surface area contributed by atoms with Crippen molar-refractivity contribution in [2.75, 3.05) is 12.4 Å². The molecule has 0 amide bonds. The lowest BCUT2D eigenvalue weighted by Crippen LogP contribution is -2.10. The van der Waals surface area contributed by atoms with Gasteiger partial charge in [0.2, 0.25) is 0 Å². The van der Waals surface area contributed by atoms with E-state index in [2.05, 4.69) is 0 Å². The zero-order chi connectivity index (χ0) is 15.1. The van der Waals surface area contributed by atoms with Gasteiger partial charge >= 0.3 is 0 Å². The van der Waals surface area contributed by atoms with Crippen molar-refractivity contribution in [3.05, 3.63) is 60.2 Å². The quantitative estimate of drug-likeness (QED) is 0.576. The van der Waals surface area contributed by atoms with E-state index in [-0.39, 0.29) is 5.75 Å². The molecule has 0 unspecified atom stereocenters. The summed E-state index contributed by atoms with van der Waals surface area (Å²) in [5.41, 5.74) is 1.02. The Bertz CT molecular complexity index is 652. The molecule has 0 N–H and O–H groups in total. The molecule has 0 aliphatic carbocycles. The van der Waals surface area contributed by atoms with Crippen LogP contribution in [0.1, 0.15) is 12.0 Å². The van der Waals surface area contributed by atoms with E-state index >= 15 is 0 Å². The zero-order valence-electron chi connectivity index (χ0n) is 11.5. The molecule has 0 bridgehead atoms. The molecule has 0 aliphatic heterocycles. The molecule has 0 saturated carbocycles. The van der Waals surface area contributed by atoms with Gasteiger partial charge in [0.15, 0.2) is 9.84 Å². The van der Waals surface area contributed by atoms with E-state index in [1.165, 1.54) is 0 Å². The molecule has 3 nitrogen and oxygen atoms in total. The fraction of sp³-hybridized carbons (Fsp3) is 0.250. The van der Waals surface area contributed by atoms with Crippen molar-refractivity contribution < 1.29 is 13.2 Å². The van der Waals surface area contributed by atoms with Crippen LogP contribution in [0.2, 0.25) is 0 Å². The van der Waals surface area contributed by atoms with Gasteiger partial charge < -0.3 is 4.74 Å². The minimum absolute atomic E-state index is 0.0801. The average Bonchev–Trinajstić information content (AvgIpc) is 2.53. The second kappa shape index (κ2) is 7.48. The van der Waals surface area contributed by atoms with Crippen LogP contribution in [0, 0.1) is 0 Å². The SMILES string of the molecule is O=S(=O)(CCCOc1ccc(CCl)cc1)c1ccccc1. The first kappa shape index (κ1) is 15.9. The van der Waals surface area contributed by atoms with Gasteiger partial charge in [-0.15, -0.1) is 11.6 Å². The van der Waals surface area contributed by atoms with Crippen LogP contribution >= 0.6 is 11.6 Å². The first-order valence-corrected chi connectivity index (χ1v) is 8.86. The topological polar surface area (TPSA) is 43.4 Å². The fourth-order valence-electron chi connectivity index (χ4n) is 1.86. The van der Waals surface area contributed by atoms with E-state index in [1.807, 2.05) is 24.3 Å². The van der Waals surface area contributed by atoms with Crippen LogP contribution in [-0.2, 0) is 15.7 Å². The predicted octanol–water partition coefficient (Wildman–Crippen LogP) is 3.67. The average molecular weight is 325 g/mol. The summed E-state index contributed by atoms with van der Waals surface area (Å²) in [5, 5.41) is 0. The Hall–Kier alpha value is -1.52. The molecule has 0 radical (unpaired) electrons. The van der Waals surface area contributed by atoms with Crippen molar-refractivity contribution in [1.82, 2.24) is 0 Å². The normalized spacial score (nSPS) is 11.3. The highest BCUT2D eigenvalue weighted by atomic mass is 35.5. The molecular formula is C16H17ClO3S. The summed E-state index contributed by atoms with van der Waals surface area (Å²) in [7, 11) is -3.22. The van der Waals surface area contributed by atoms with Gasteiger partial charge in [0.1, 0.15) is 5.75 Å². The second-order valence-corrected chi connectivity index (χ2v) is 6.99. The predicted molar refractivity (Wildman–Crippen MR) is 84.6 cm³/mol. The van der Waals surface area contributed by atoms with Gasteiger partial charge in [0.05, 0.1) is 17.3 Å². The molecule has 0 heterocycles. The number of benzene rings is 2. The van der Waals surface area contributed by atoms with Crippen LogP contribution in [0.15, 0.2) is 59.5 Å². The molecular weight excluding hydrogens is 308 g/mol. The molecule has 21 heavy (non-hydrogen) atoms. The molecule has 2 aromatic carbocycles. The summed E-state index contributed by atoms with van der Waals surface area (Å²) < 4.78 is 29.6. The maximum atomic E-state index is 12.1. The van der Waals surface area contributed by atoms with Crippen molar-refractivity contribution in [3.8, 4) is 5.75 Å². The van der Waals surface area contributed by atoms with Crippen LogP contribution in [-0.4, -0.2) is 20.8 Å². The number of alkyl halides is 1. The summed E-state index contributed by atoms with van der Waals surface area (Å²) in [6.07, 6.45) is 0.453. The van der Waals surface area contributed by atoms with E-state index in [4.69, 9.17) is 16.3 Å². The molecule has 0 aromatic heterocycles. The molecule has 0 aliphatic rings. The van der Waals surface area contributed by atoms with Crippen molar-refractivity contribution in [2.24, 2.45) is 0 Å². The third-order valence-corrected chi connectivity index (χ3v) is 5.13. The van der Waals surface area contributed by atoms with Crippen LogP contribution in [0.3, 0.4) is 0 Å². The van der Waals surface area contributed by atoms with Crippen LogP contribution in [0.4, 0.5) is 0 Å². The van der Waals surface area contributed by atoms with Gasteiger partial charge in [-0.2, -0.15) is 0 Å². The van der Waals surface area contributed by atoms with Crippen LogP contribution in [0.25, 0.3) is 0 Å². The van der Waals surface area contributed by atoms with Gasteiger partial charge in [-0.1, -0.05) is 30.3 Å². The number of hydrogen-bond donors (Lipinski definition) is 0. The molecule has 2 rings (SSSR count). The lowest BCUT2D eigenvalue weighted by atomic mass is 10.2. The first-order valence-electron chi connectivity index (χ1n) is 6.67. The fourth-order valence-corrected chi connectivity index (χ4v) is 3.34. The molecule has 0 fully saturated rings. The standard InChI is InChI=1S/C16H17ClO3S/c17-13-14-7-9-15(10-8-14)20-11-4-12-21(18,19)16-5-2-1-3-6-16/h1-3,5-10H,4,11-13H2. The van der Waals surface area contributed by atoms with Crippen molar-refractivity contribution in [1.29, 1.82) is 0 Å². The van der Waals surface area contributed by atoms with E-state index in [0.29, 0.717) is 23.8 Å². The summed E-state index contributed by atoms with van der Waals surface area (Å²) in [6, 6.07) is 15.9. The number of rotatable bonds is 7. The largest absolute Gasteiger partial charge is 0.494 e. The Morgan fingerprint density at radius 1 is 0.952 bits per heavy atom. The van der Waals surface area contributed by atoms with E-state index < -0.39 is 9.84 Å². The Morgan fingerprint density at radius 2 is 1.62 bits per heavy atom. The van der Waals surface area contributed by atoms with Crippen LogP contribution in [0.5, 0.6) is 5.75 Å². The Kier molecular flexibility index (Phi) is 5.65. The Labute approximate surface area is 130 Å². The Morgan fingerprint density at radius 3 is 2.24 bits per heavy atom. The highest BCUT2D eigenvalue weighted by Gasteiger charge is 2.13. The first-order chi connectivity index (χ1) is 10.1. The van der Waals surface area contributed by atoms with E-state index in [1.54, 1.807) is 30.3 Å². The number of sulfone groups is 1. The van der Waals surface area contributed by atoms with Crippen LogP contribution < -0.4 is 4.74 Å². The molecule has 0 saturated heterocycles. The zero-order valence-corrected chi connectivity index (χ0v) is 13.1. The lowest BCUT2D eigenvalue weighted by molar-refractivity contribution is 0.317. The Balaban J connectivity index is 1.81. The minimum Gasteiger partial charge on any atom is -0.494 e. The number of ether oxygens (including phenoxy) is 1. The van der Waals surface area contributed by atoms with Gasteiger partial charge in [0, 0.05) is 5.88 Å². The van der Waals surface area contributed by atoms with Gasteiger partial charge in [-0.3, -0.25) is 0 Å². The summed E-state index contributed by atoms with van der Waals surface area (Å²) in [5.74, 6) is 1.27. The molecule has 5 heteroatoms. The summed E-state index contributed by atoms with van der Waals surface area (Å²) in [4.78, 5) is 0.358. The molecule has 0 spiro atoms. The summed E-state index contributed by atoms with van der Waals surface area (Å²) >= 11 is 5.71. The van der Waals surface area contributed by atoms with Crippen molar-refractivity contribution >= 4 is 21.4 Å². The maximum Gasteiger partial charge on any atom is 0.178 e. The van der Waals surface area contributed by atoms with Crippen molar-refractivity contribution in [3.63, 3.8) is 0 Å². The highest BCUT2D eigenvalue weighted by Crippen LogP contribution is 2.15. The van der Waals surface area contributed by atoms with Gasteiger partial charge in [0.25, 0.3) is 0 Å². The monoisotopic (exact) mass is 324 g/mol. The number of hydrogen-bond acceptors (Lipinski definition) is 3. The third kappa shape index (κ3) is 4.76. The van der Waals surface area contributed by atoms with Gasteiger partial charge in [-0.25, -0.2) is 8.42 Å². The summed E-state index contributed by atoms with van der Waals surface area (Å²) in [6.45, 7) is 0.367. The minimum atomic E-state index is -3.22. The van der Waals surface area contributed by atoms with Crippen molar-refractivity contribution in [2.45, 2.75) is 17.2 Å². The van der Waals surface area contributed by atoms with E-state index in [0.717, 1.165) is 11.3 Å². The van der Waals surface area contributed by atoms with E-state index in [9.17, 15) is 8.42 Å². The maximum absolute atomic E-state index is 12.1. The molecule has 2 aromatic rings. The number of halogens is 1. The second-order valence-electron chi connectivity index (χ2n) is 4.61. The molecule has 0 atom stereocenters. The lowest BCUT2D eigenvalue weighted by Gasteiger charge is -2.07. The highest BCUT2D eigenvalue weighted by molar-refractivity contribution is 7.91. The third-order valence-electron chi connectivity index (χ3n) is 3.01. The molecule has 112 valence electrons. The smallest absolute Gasteiger partial charge is 0.178 e.